The van der Waals surface area contributed by atoms with Gasteiger partial charge in [-0.15, -0.1) is 0 Å². The Hall–Kier alpha value is -2.37. The normalized spacial score (nSPS) is 10.6. The topological polar surface area (TPSA) is 83.7 Å². The number of carbonyl (C=O) groups is 2. The number of imidazole rings is 1. The molecule has 0 saturated carbocycles. The van der Waals surface area contributed by atoms with Gasteiger partial charge in [-0.1, -0.05) is 13.0 Å². The highest BCUT2D eigenvalue weighted by atomic mass is 16.4. The molecule has 0 atom stereocenters. The van der Waals surface area contributed by atoms with E-state index in [0.717, 1.165) is 11.2 Å². The number of carbonyl (C=O) groups excluding carboxylic acids is 1. The molecule has 0 aliphatic carbocycles. The van der Waals surface area contributed by atoms with Gasteiger partial charge in [0.1, 0.15) is 17.9 Å². The number of carboxylic acid groups (broad SMARTS) is 1. The van der Waals surface area contributed by atoms with E-state index < -0.39 is 18.4 Å². The smallest absolute Gasteiger partial charge is 0.322 e. The van der Waals surface area contributed by atoms with Crippen molar-refractivity contribution in [2.45, 2.75) is 20.3 Å². The van der Waals surface area contributed by atoms with Gasteiger partial charge in [-0.25, -0.2) is 4.98 Å². The third-order valence-electron chi connectivity index (χ3n) is 2.87. The third kappa shape index (κ3) is 2.42. The van der Waals surface area contributed by atoms with Crippen LogP contribution in [0.2, 0.25) is 0 Å². The molecule has 6 heteroatoms. The summed E-state index contributed by atoms with van der Waals surface area (Å²) in [6.07, 6.45) is 2.36. The Bertz CT molecular complexity index is 646. The monoisotopic (exact) mass is 261 g/mol. The molecule has 0 fully saturated rings. The number of aryl methyl sites for hydroxylation is 2. The largest absolute Gasteiger partial charge is 0.480 e. The molecule has 2 N–H and O–H groups in total. The molecule has 6 nitrogen and oxygen atoms in total. The van der Waals surface area contributed by atoms with Crippen LogP contribution >= 0.6 is 0 Å². The van der Waals surface area contributed by atoms with Crippen molar-refractivity contribution in [1.82, 2.24) is 14.7 Å². The highest BCUT2D eigenvalue weighted by Gasteiger charge is 2.19. The zero-order chi connectivity index (χ0) is 14.0. The molecule has 1 amide bonds. The Labute approximate surface area is 110 Å². The lowest BCUT2D eigenvalue weighted by Gasteiger charge is -2.04. The Kier molecular flexibility index (Phi) is 3.50. The van der Waals surface area contributed by atoms with E-state index in [1.165, 1.54) is 0 Å². The first-order valence-corrected chi connectivity index (χ1v) is 6.01. The number of nitrogens with one attached hydrogen (secondary N) is 1. The Morgan fingerprint density at radius 2 is 2.21 bits per heavy atom. The van der Waals surface area contributed by atoms with E-state index in [2.05, 4.69) is 10.3 Å². The van der Waals surface area contributed by atoms with Crippen molar-refractivity contribution in [3.8, 4) is 0 Å². The first-order chi connectivity index (χ1) is 9.04. The van der Waals surface area contributed by atoms with E-state index in [0.29, 0.717) is 17.8 Å². The molecule has 19 heavy (non-hydrogen) atoms. The Morgan fingerprint density at radius 3 is 2.84 bits per heavy atom. The molecule has 0 spiro atoms. The van der Waals surface area contributed by atoms with Gasteiger partial charge < -0.3 is 10.4 Å². The van der Waals surface area contributed by atoms with Gasteiger partial charge in [0, 0.05) is 6.20 Å². The standard InChI is InChI=1S/C13H15N3O3/c1-3-9-11(13(19)14-7-10(17)18)16-6-4-5-8(2)12(16)15-9/h4-6H,3,7H2,1-2H3,(H,14,19)(H,17,18). The van der Waals surface area contributed by atoms with Crippen LogP contribution in [0.15, 0.2) is 18.3 Å². The van der Waals surface area contributed by atoms with Crippen LogP contribution in [-0.4, -0.2) is 32.9 Å². The van der Waals surface area contributed by atoms with E-state index in [-0.39, 0.29) is 0 Å². The number of pyridine rings is 1. The van der Waals surface area contributed by atoms with Crippen molar-refractivity contribution in [2.24, 2.45) is 0 Å². The number of nitrogens with zero attached hydrogens (tertiary/aromatic N) is 2. The van der Waals surface area contributed by atoms with Crippen molar-refractivity contribution < 1.29 is 14.7 Å². The quantitative estimate of drug-likeness (QED) is 0.860. The molecule has 2 aromatic rings. The minimum atomic E-state index is -1.07. The van der Waals surface area contributed by atoms with Gasteiger partial charge in [0.05, 0.1) is 5.69 Å². The summed E-state index contributed by atoms with van der Waals surface area (Å²) in [5, 5.41) is 11.0. The fourth-order valence-corrected chi connectivity index (χ4v) is 1.98. The molecule has 0 aromatic carbocycles. The average Bonchev–Trinajstić information content (AvgIpc) is 2.76. The van der Waals surface area contributed by atoms with Crippen LogP contribution in [-0.2, 0) is 11.2 Å². The summed E-state index contributed by atoms with van der Waals surface area (Å²) in [5.41, 5.74) is 2.76. The summed E-state index contributed by atoms with van der Waals surface area (Å²) >= 11 is 0. The first kappa shape index (κ1) is 13.1. The van der Waals surface area contributed by atoms with Crippen molar-refractivity contribution in [1.29, 1.82) is 0 Å². The first-order valence-electron chi connectivity index (χ1n) is 6.01. The van der Waals surface area contributed by atoms with Gasteiger partial charge in [0.25, 0.3) is 5.91 Å². The predicted molar refractivity (Wildman–Crippen MR) is 69.3 cm³/mol. The van der Waals surface area contributed by atoms with Crippen molar-refractivity contribution in [3.05, 3.63) is 35.3 Å². The average molecular weight is 261 g/mol. The molecule has 0 unspecified atom stereocenters. The van der Waals surface area contributed by atoms with Crippen LogP contribution < -0.4 is 5.32 Å². The van der Waals surface area contributed by atoms with Crippen LogP contribution in [0.3, 0.4) is 0 Å². The van der Waals surface area contributed by atoms with Gasteiger partial charge >= 0.3 is 5.97 Å². The van der Waals surface area contributed by atoms with Gasteiger partial charge in [-0.3, -0.25) is 14.0 Å². The van der Waals surface area contributed by atoms with E-state index in [4.69, 9.17) is 5.11 Å². The van der Waals surface area contributed by atoms with Crippen LogP contribution in [0, 0.1) is 6.92 Å². The van der Waals surface area contributed by atoms with E-state index >= 15 is 0 Å². The summed E-state index contributed by atoms with van der Waals surface area (Å²) in [5.74, 6) is -1.49. The number of fused-ring (bicyclic) bond motifs is 1. The molecule has 2 rings (SSSR count). The molecular formula is C13H15N3O3. The van der Waals surface area contributed by atoms with Gasteiger partial charge in [0.2, 0.25) is 0 Å². The lowest BCUT2D eigenvalue weighted by molar-refractivity contribution is -0.135. The predicted octanol–water partition coefficient (Wildman–Crippen LogP) is 1.02. The maximum Gasteiger partial charge on any atom is 0.322 e. The molecule has 0 saturated heterocycles. The van der Waals surface area contributed by atoms with Gasteiger partial charge in [-0.2, -0.15) is 0 Å². The second-order valence-corrected chi connectivity index (χ2v) is 4.22. The number of hydrogen-bond donors (Lipinski definition) is 2. The van der Waals surface area contributed by atoms with Crippen molar-refractivity contribution in [3.63, 3.8) is 0 Å². The molecule has 2 aromatic heterocycles. The van der Waals surface area contributed by atoms with Crippen LogP contribution in [0.1, 0.15) is 28.7 Å². The summed E-state index contributed by atoms with van der Waals surface area (Å²) in [7, 11) is 0. The highest BCUT2D eigenvalue weighted by molar-refractivity contribution is 5.96. The van der Waals surface area contributed by atoms with E-state index in [9.17, 15) is 9.59 Å². The summed E-state index contributed by atoms with van der Waals surface area (Å²) < 4.78 is 1.70. The van der Waals surface area contributed by atoms with Crippen molar-refractivity contribution in [2.75, 3.05) is 6.54 Å². The maximum absolute atomic E-state index is 12.1. The molecular weight excluding hydrogens is 246 g/mol. The van der Waals surface area contributed by atoms with Crippen LogP contribution in [0.5, 0.6) is 0 Å². The van der Waals surface area contributed by atoms with Gasteiger partial charge in [-0.05, 0) is 25.0 Å². The van der Waals surface area contributed by atoms with Crippen LogP contribution in [0.4, 0.5) is 0 Å². The van der Waals surface area contributed by atoms with E-state index in [1.54, 1.807) is 10.6 Å². The molecule has 0 aliphatic rings. The maximum atomic E-state index is 12.1. The summed E-state index contributed by atoms with van der Waals surface area (Å²) in [6.45, 7) is 3.42. The Balaban J connectivity index is 2.48. The minimum Gasteiger partial charge on any atom is -0.480 e. The summed E-state index contributed by atoms with van der Waals surface area (Å²) in [6, 6.07) is 3.75. The second kappa shape index (κ2) is 5.09. The number of carboxylic acids is 1. The lowest BCUT2D eigenvalue weighted by atomic mass is 10.2. The third-order valence-corrected chi connectivity index (χ3v) is 2.87. The molecule has 0 radical (unpaired) electrons. The van der Waals surface area contributed by atoms with Crippen molar-refractivity contribution >= 4 is 17.5 Å². The minimum absolute atomic E-state index is 0.402. The molecule has 2 heterocycles. The number of rotatable bonds is 4. The number of hydrogen-bond acceptors (Lipinski definition) is 3. The number of amides is 1. The zero-order valence-corrected chi connectivity index (χ0v) is 10.8. The number of aliphatic carboxylic acids is 1. The van der Waals surface area contributed by atoms with Crippen LogP contribution in [0.25, 0.3) is 5.65 Å². The highest BCUT2D eigenvalue weighted by Crippen LogP contribution is 2.16. The molecule has 100 valence electrons. The summed E-state index contributed by atoms with van der Waals surface area (Å²) in [4.78, 5) is 27.0. The number of aromatic nitrogens is 2. The fourth-order valence-electron chi connectivity index (χ4n) is 1.98. The zero-order valence-electron chi connectivity index (χ0n) is 10.8. The van der Waals surface area contributed by atoms with E-state index in [1.807, 2.05) is 26.0 Å². The lowest BCUT2D eigenvalue weighted by Crippen LogP contribution is -2.30. The SMILES string of the molecule is CCc1nc2c(C)cccn2c1C(=O)NCC(=O)O. The van der Waals surface area contributed by atoms with Gasteiger partial charge in [0.15, 0.2) is 0 Å². The fraction of sp³-hybridized carbons (Fsp3) is 0.308. The molecule has 0 aliphatic heterocycles. The Morgan fingerprint density at radius 1 is 1.47 bits per heavy atom. The second-order valence-electron chi connectivity index (χ2n) is 4.22. The molecule has 0 bridgehead atoms.